The van der Waals surface area contributed by atoms with Gasteiger partial charge in [0, 0.05) is 6.92 Å². The first-order chi connectivity index (χ1) is 16.5. The summed E-state index contributed by atoms with van der Waals surface area (Å²) in [6, 6.07) is 3.45. The number of aliphatic hydroxyl groups is 3. The Bertz CT molecular complexity index is 1050. The average molecular weight is 546 g/mol. The number of hydrogen-bond acceptors (Lipinski definition) is 12. The van der Waals surface area contributed by atoms with Crippen LogP contribution in [0.15, 0.2) is 23.1 Å². The number of quaternary nitrogens is 1. The number of nitrogens with zero attached hydrogens (tertiary/aromatic N) is 1. The molecule has 2 fully saturated rings. The molecule has 2 amide bonds. The fourth-order valence-corrected chi connectivity index (χ4v) is 4.74. The molecule has 2 heterocycles. The highest BCUT2D eigenvalue weighted by Crippen LogP contribution is 2.36. The van der Waals surface area contributed by atoms with Gasteiger partial charge in [-0.3, -0.25) is 14.5 Å². The van der Waals surface area contributed by atoms with Crippen LogP contribution in [0.25, 0.3) is 6.08 Å². The minimum Gasteiger partial charge on any atom is -0.548 e. The Labute approximate surface area is 215 Å². The van der Waals surface area contributed by atoms with Gasteiger partial charge < -0.3 is 50.9 Å². The summed E-state index contributed by atoms with van der Waals surface area (Å²) in [5, 5.41) is 43.3. The maximum absolute atomic E-state index is 12.5. The summed E-state index contributed by atoms with van der Waals surface area (Å²) in [6.07, 6.45) is -3.89. The number of carbonyl (C=O) groups is 3. The van der Waals surface area contributed by atoms with Gasteiger partial charge in [-0.05, 0) is 23.8 Å². The van der Waals surface area contributed by atoms with E-state index in [1.54, 1.807) is 6.07 Å². The third-order valence-electron chi connectivity index (χ3n) is 5.14. The van der Waals surface area contributed by atoms with Crippen molar-refractivity contribution in [2.45, 2.75) is 37.6 Å². The second-order valence-corrected chi connectivity index (χ2v) is 9.28. The Balaban J connectivity index is 0.00000456. The number of ether oxygens (including phenoxy) is 3. The number of thioether (sulfide) groups is 1. The van der Waals surface area contributed by atoms with Gasteiger partial charge in [0.15, 0.2) is 11.5 Å². The van der Waals surface area contributed by atoms with E-state index < -0.39 is 61.6 Å². The molecule has 5 atom stereocenters. The van der Waals surface area contributed by atoms with Gasteiger partial charge in [-0.1, -0.05) is 30.0 Å². The van der Waals surface area contributed by atoms with E-state index >= 15 is 0 Å². The molecule has 5 unspecified atom stereocenters. The van der Waals surface area contributed by atoms with E-state index in [2.05, 4.69) is 5.32 Å². The van der Waals surface area contributed by atoms with Crippen molar-refractivity contribution in [3.8, 4) is 11.5 Å². The van der Waals surface area contributed by atoms with Crippen molar-refractivity contribution in [1.82, 2.24) is 16.4 Å². The number of hydrogen-bond donors (Lipinski definition) is 5. The monoisotopic (exact) mass is 545 g/mol. The highest BCUT2D eigenvalue weighted by molar-refractivity contribution is 8.26. The number of amides is 2. The minimum absolute atomic E-state index is 0. The standard InChI is InChI=1S/C21H24N2O10S2.H3N/c1-9(25)22-16-18(29)17(28)13(8-24)33-20(16)32-11-4-3-10(5-12(11)31-2)6-14-19(30)23(7-15(26)27)21(34)35-14;/h3-6,13,16-18,20,24,28-29H,7-8H2,1-2H3,(H,22,25)(H,26,27);1H3/b14-6-;. The summed E-state index contributed by atoms with van der Waals surface area (Å²) >= 11 is 6.00. The van der Waals surface area contributed by atoms with E-state index in [-0.39, 0.29) is 26.9 Å². The molecule has 0 aromatic heterocycles. The van der Waals surface area contributed by atoms with Crippen molar-refractivity contribution in [2.75, 3.05) is 20.3 Å². The van der Waals surface area contributed by atoms with E-state index in [1.807, 2.05) is 0 Å². The maximum atomic E-state index is 12.5. The van der Waals surface area contributed by atoms with E-state index in [0.717, 1.165) is 16.7 Å². The van der Waals surface area contributed by atoms with Crippen LogP contribution < -0.4 is 26.0 Å². The molecule has 2 aliphatic heterocycles. The quantitative estimate of drug-likeness (QED) is 0.183. The van der Waals surface area contributed by atoms with Crippen LogP contribution in [0.3, 0.4) is 0 Å². The lowest BCUT2D eigenvalue weighted by Gasteiger charge is -2.42. The van der Waals surface area contributed by atoms with Gasteiger partial charge >= 0.3 is 0 Å². The first-order valence-corrected chi connectivity index (χ1v) is 11.5. The number of nitrogens with one attached hydrogen (secondary N) is 1. The number of aliphatic hydroxyl groups excluding tert-OH is 3. The maximum Gasteiger partial charge on any atom is 0.266 e. The molecule has 0 radical (unpaired) electrons. The number of benzene rings is 1. The van der Waals surface area contributed by atoms with Crippen LogP contribution in [0.1, 0.15) is 12.5 Å². The van der Waals surface area contributed by atoms with E-state index in [9.17, 15) is 34.8 Å². The van der Waals surface area contributed by atoms with Gasteiger partial charge in [0.25, 0.3) is 5.91 Å². The number of aliphatic carboxylic acids is 1. The molecule has 2 saturated heterocycles. The number of thiocarbonyl (C=S) groups is 1. The SMILES string of the molecule is COc1cc(/C=C2\SC(=S)N(CC(=O)[O-])C2=O)ccc1OC1OC(CO)C(O)C(O)C1NC(C)=O.[NH4+]. The molecule has 8 N–H and O–H groups in total. The van der Waals surface area contributed by atoms with Crippen LogP contribution >= 0.6 is 24.0 Å². The van der Waals surface area contributed by atoms with Crippen LogP contribution in [0.4, 0.5) is 0 Å². The van der Waals surface area contributed by atoms with Gasteiger partial charge in [0.1, 0.15) is 28.7 Å². The van der Waals surface area contributed by atoms with Crippen molar-refractivity contribution < 1.29 is 49.0 Å². The average Bonchev–Trinajstić information content (AvgIpc) is 3.06. The summed E-state index contributed by atoms with van der Waals surface area (Å²) in [5.74, 6) is -2.15. The third-order valence-corrected chi connectivity index (χ3v) is 6.52. The lowest BCUT2D eigenvalue weighted by molar-refractivity contribution is -0.305. The third kappa shape index (κ3) is 6.50. The number of carboxylic acid groups (broad SMARTS) is 1. The summed E-state index contributed by atoms with van der Waals surface area (Å²) < 4.78 is 16.8. The van der Waals surface area contributed by atoms with Crippen LogP contribution in [0.5, 0.6) is 11.5 Å². The molecule has 15 heteroatoms. The molecule has 198 valence electrons. The predicted octanol–water partition coefficient (Wildman–Crippen LogP) is -1.65. The fraction of sp³-hybridized carbons (Fsp3) is 0.429. The molecule has 3 rings (SSSR count). The van der Waals surface area contributed by atoms with Crippen molar-refractivity contribution in [3.63, 3.8) is 0 Å². The highest BCUT2D eigenvalue weighted by atomic mass is 32.2. The van der Waals surface area contributed by atoms with Gasteiger partial charge in [0.05, 0.1) is 31.1 Å². The lowest BCUT2D eigenvalue weighted by atomic mass is 9.97. The van der Waals surface area contributed by atoms with Crippen LogP contribution in [0.2, 0.25) is 0 Å². The number of carbonyl (C=O) groups excluding carboxylic acids is 3. The summed E-state index contributed by atoms with van der Waals surface area (Å²) in [4.78, 5) is 36.1. The van der Waals surface area contributed by atoms with Crippen LogP contribution in [0, 0.1) is 0 Å². The van der Waals surface area contributed by atoms with Gasteiger partial charge in [-0.25, -0.2) is 0 Å². The van der Waals surface area contributed by atoms with E-state index in [0.29, 0.717) is 5.56 Å². The molecular formula is C21H27N3O10S2. The fourth-order valence-electron chi connectivity index (χ4n) is 3.48. The van der Waals surface area contributed by atoms with Crippen molar-refractivity contribution in [1.29, 1.82) is 0 Å². The molecule has 13 nitrogen and oxygen atoms in total. The van der Waals surface area contributed by atoms with Crippen molar-refractivity contribution in [2.24, 2.45) is 0 Å². The zero-order valence-electron chi connectivity index (χ0n) is 19.6. The highest BCUT2D eigenvalue weighted by Gasteiger charge is 2.46. The van der Waals surface area contributed by atoms with Crippen molar-refractivity contribution in [3.05, 3.63) is 28.7 Å². The molecule has 0 saturated carbocycles. The Morgan fingerprint density at radius 3 is 2.58 bits per heavy atom. The molecule has 0 bridgehead atoms. The number of rotatable bonds is 8. The number of carboxylic acids is 1. The van der Waals surface area contributed by atoms with E-state index in [1.165, 1.54) is 32.2 Å². The molecule has 2 aliphatic rings. The first kappa shape index (κ1) is 29.4. The predicted molar refractivity (Wildman–Crippen MR) is 130 cm³/mol. The largest absolute Gasteiger partial charge is 0.548 e. The Morgan fingerprint density at radius 1 is 1.31 bits per heavy atom. The molecule has 0 spiro atoms. The molecule has 1 aromatic rings. The summed E-state index contributed by atoms with van der Waals surface area (Å²) in [5.41, 5.74) is 0.509. The topological polar surface area (TPSA) is 214 Å². The lowest BCUT2D eigenvalue weighted by Crippen LogP contribution is -2.65. The second kappa shape index (κ2) is 12.4. The second-order valence-electron chi connectivity index (χ2n) is 7.60. The molecule has 0 aliphatic carbocycles. The van der Waals surface area contributed by atoms with Gasteiger partial charge in [-0.2, -0.15) is 0 Å². The molecule has 36 heavy (non-hydrogen) atoms. The van der Waals surface area contributed by atoms with Gasteiger partial charge in [-0.15, -0.1) is 0 Å². The normalized spacial score (nSPS) is 27.0. The summed E-state index contributed by atoms with van der Waals surface area (Å²) in [6.45, 7) is -0.0271. The molecule has 1 aromatic carbocycles. The van der Waals surface area contributed by atoms with Crippen molar-refractivity contribution >= 4 is 52.2 Å². The Morgan fingerprint density at radius 2 is 2.00 bits per heavy atom. The van der Waals surface area contributed by atoms with E-state index in [4.69, 9.17) is 26.4 Å². The van der Waals surface area contributed by atoms with Gasteiger partial charge in [0.2, 0.25) is 12.2 Å². The molecular weight excluding hydrogens is 518 g/mol. The van der Waals surface area contributed by atoms with Crippen LogP contribution in [-0.2, 0) is 19.1 Å². The summed E-state index contributed by atoms with van der Waals surface area (Å²) in [7, 11) is 1.37. The first-order valence-electron chi connectivity index (χ1n) is 10.2. The Hall–Kier alpha value is -2.79. The number of methoxy groups -OCH3 is 1. The smallest absolute Gasteiger partial charge is 0.266 e. The van der Waals surface area contributed by atoms with Crippen LogP contribution in [-0.4, -0.2) is 93.2 Å². The zero-order valence-corrected chi connectivity index (χ0v) is 21.2. The minimum atomic E-state index is -1.48. The zero-order chi connectivity index (χ0) is 25.9. The Kier molecular flexibility index (Phi) is 10.2.